The highest BCUT2D eigenvalue weighted by Gasteiger charge is 2.03. The molecule has 0 unspecified atom stereocenters. The molecule has 0 fully saturated rings. The second kappa shape index (κ2) is 2.85. The van der Waals surface area contributed by atoms with Crippen molar-refractivity contribution in [2.24, 2.45) is 0 Å². The zero-order valence-electron chi connectivity index (χ0n) is 7.18. The average molecular weight is 175 g/mol. The van der Waals surface area contributed by atoms with Crippen molar-refractivity contribution >= 4 is 5.82 Å². The SMILES string of the molecule is Cc1ccn(-c2nccnc2N)n1. The van der Waals surface area contributed by atoms with E-state index < -0.39 is 0 Å². The molecule has 0 bridgehead atoms. The molecule has 0 saturated heterocycles. The lowest BCUT2D eigenvalue weighted by molar-refractivity contribution is 0.828. The fourth-order valence-corrected chi connectivity index (χ4v) is 1.05. The third-order valence-corrected chi connectivity index (χ3v) is 1.65. The molecule has 0 aliphatic carbocycles. The van der Waals surface area contributed by atoms with Crippen LogP contribution >= 0.6 is 0 Å². The number of nitrogen functional groups attached to an aromatic ring is 1. The number of aryl methyl sites for hydroxylation is 1. The van der Waals surface area contributed by atoms with Crippen molar-refractivity contribution in [1.82, 2.24) is 19.7 Å². The summed E-state index contributed by atoms with van der Waals surface area (Å²) < 4.78 is 1.61. The summed E-state index contributed by atoms with van der Waals surface area (Å²) >= 11 is 0. The Labute approximate surface area is 75.2 Å². The van der Waals surface area contributed by atoms with Crippen molar-refractivity contribution < 1.29 is 0 Å². The minimum atomic E-state index is 0.380. The van der Waals surface area contributed by atoms with Crippen LogP contribution < -0.4 is 5.73 Å². The first-order valence-electron chi connectivity index (χ1n) is 3.86. The summed E-state index contributed by atoms with van der Waals surface area (Å²) in [7, 11) is 0. The molecular formula is C8H9N5. The Morgan fingerprint density at radius 2 is 2.08 bits per heavy atom. The first kappa shape index (κ1) is 7.72. The predicted molar refractivity (Wildman–Crippen MR) is 48.3 cm³/mol. The van der Waals surface area contributed by atoms with E-state index in [0.717, 1.165) is 5.69 Å². The van der Waals surface area contributed by atoms with Gasteiger partial charge in [0.05, 0.1) is 5.69 Å². The van der Waals surface area contributed by atoms with Crippen LogP contribution in [0.25, 0.3) is 5.82 Å². The van der Waals surface area contributed by atoms with Gasteiger partial charge in [0.1, 0.15) is 0 Å². The molecule has 0 spiro atoms. The number of hydrogen-bond acceptors (Lipinski definition) is 4. The van der Waals surface area contributed by atoms with Crippen LogP contribution in [0.1, 0.15) is 5.69 Å². The number of rotatable bonds is 1. The maximum absolute atomic E-state index is 5.63. The van der Waals surface area contributed by atoms with Gasteiger partial charge in [-0.3, -0.25) is 0 Å². The molecule has 2 heterocycles. The quantitative estimate of drug-likeness (QED) is 0.687. The van der Waals surface area contributed by atoms with Crippen LogP contribution in [-0.4, -0.2) is 19.7 Å². The largest absolute Gasteiger partial charge is 0.381 e. The second-order valence-corrected chi connectivity index (χ2v) is 2.67. The van der Waals surface area contributed by atoms with Crippen molar-refractivity contribution in [1.29, 1.82) is 0 Å². The van der Waals surface area contributed by atoms with Gasteiger partial charge in [0, 0.05) is 18.6 Å². The number of nitrogens with zero attached hydrogens (tertiary/aromatic N) is 4. The molecule has 2 aromatic rings. The predicted octanol–water partition coefficient (Wildman–Crippen LogP) is 0.553. The first-order valence-corrected chi connectivity index (χ1v) is 3.86. The average Bonchev–Trinajstić information content (AvgIpc) is 2.53. The number of aromatic nitrogens is 4. The van der Waals surface area contributed by atoms with E-state index >= 15 is 0 Å². The highest BCUT2D eigenvalue weighted by atomic mass is 15.3. The lowest BCUT2D eigenvalue weighted by atomic mass is 10.5. The Morgan fingerprint density at radius 3 is 2.69 bits per heavy atom. The summed E-state index contributed by atoms with van der Waals surface area (Å²) in [6.45, 7) is 1.91. The van der Waals surface area contributed by atoms with Gasteiger partial charge in [0.15, 0.2) is 11.6 Å². The van der Waals surface area contributed by atoms with Gasteiger partial charge in [0.2, 0.25) is 0 Å². The molecule has 0 aliphatic heterocycles. The Bertz CT molecular complexity index is 420. The van der Waals surface area contributed by atoms with Crippen LogP contribution in [0.15, 0.2) is 24.7 Å². The Kier molecular flexibility index (Phi) is 1.70. The Hall–Kier alpha value is -1.91. The highest BCUT2D eigenvalue weighted by molar-refractivity contribution is 5.44. The lowest BCUT2D eigenvalue weighted by Gasteiger charge is -2.01. The summed E-state index contributed by atoms with van der Waals surface area (Å²) in [5, 5.41) is 4.18. The molecule has 2 N–H and O–H groups in total. The second-order valence-electron chi connectivity index (χ2n) is 2.67. The summed E-state index contributed by atoms with van der Waals surface area (Å²) in [5.74, 6) is 0.946. The monoisotopic (exact) mass is 175 g/mol. The molecule has 13 heavy (non-hydrogen) atoms. The van der Waals surface area contributed by atoms with Crippen molar-refractivity contribution in [2.75, 3.05) is 5.73 Å². The van der Waals surface area contributed by atoms with E-state index in [1.807, 2.05) is 13.0 Å². The van der Waals surface area contributed by atoms with Crippen LogP contribution in [0.2, 0.25) is 0 Å². The van der Waals surface area contributed by atoms with Gasteiger partial charge in [-0.1, -0.05) is 0 Å². The van der Waals surface area contributed by atoms with Gasteiger partial charge < -0.3 is 5.73 Å². The van der Waals surface area contributed by atoms with Crippen LogP contribution in [-0.2, 0) is 0 Å². The zero-order valence-corrected chi connectivity index (χ0v) is 7.18. The molecular weight excluding hydrogens is 166 g/mol. The van der Waals surface area contributed by atoms with E-state index in [0.29, 0.717) is 11.6 Å². The van der Waals surface area contributed by atoms with E-state index in [9.17, 15) is 0 Å². The number of anilines is 1. The van der Waals surface area contributed by atoms with E-state index in [4.69, 9.17) is 5.73 Å². The van der Waals surface area contributed by atoms with Crippen LogP contribution in [0.5, 0.6) is 0 Å². The minimum absolute atomic E-state index is 0.380. The lowest BCUT2D eigenvalue weighted by Crippen LogP contribution is -2.04. The minimum Gasteiger partial charge on any atom is -0.381 e. The van der Waals surface area contributed by atoms with E-state index in [-0.39, 0.29) is 0 Å². The third-order valence-electron chi connectivity index (χ3n) is 1.65. The maximum Gasteiger partial charge on any atom is 0.196 e. The summed E-state index contributed by atoms with van der Waals surface area (Å²) in [4.78, 5) is 7.99. The smallest absolute Gasteiger partial charge is 0.196 e. The number of hydrogen-bond donors (Lipinski definition) is 1. The van der Waals surface area contributed by atoms with Gasteiger partial charge in [-0.25, -0.2) is 14.6 Å². The fourth-order valence-electron chi connectivity index (χ4n) is 1.05. The summed E-state index contributed by atoms with van der Waals surface area (Å²) in [5.41, 5.74) is 6.55. The van der Waals surface area contributed by atoms with Crippen molar-refractivity contribution in [2.45, 2.75) is 6.92 Å². The topological polar surface area (TPSA) is 69.6 Å². The molecule has 2 aromatic heterocycles. The normalized spacial score (nSPS) is 10.2. The van der Waals surface area contributed by atoms with Gasteiger partial charge in [-0.05, 0) is 13.0 Å². The highest BCUT2D eigenvalue weighted by Crippen LogP contribution is 2.08. The van der Waals surface area contributed by atoms with Crippen LogP contribution in [0, 0.1) is 6.92 Å². The zero-order chi connectivity index (χ0) is 9.26. The molecule has 0 amide bonds. The molecule has 0 saturated carbocycles. The maximum atomic E-state index is 5.63. The van der Waals surface area contributed by atoms with Crippen LogP contribution in [0.3, 0.4) is 0 Å². The first-order chi connectivity index (χ1) is 6.27. The van der Waals surface area contributed by atoms with E-state index in [1.54, 1.807) is 23.3 Å². The Morgan fingerprint density at radius 1 is 1.31 bits per heavy atom. The summed E-state index contributed by atoms with van der Waals surface area (Å²) in [6, 6.07) is 1.88. The molecule has 5 heteroatoms. The molecule has 0 atom stereocenters. The van der Waals surface area contributed by atoms with Gasteiger partial charge >= 0.3 is 0 Å². The van der Waals surface area contributed by atoms with Gasteiger partial charge in [0.25, 0.3) is 0 Å². The van der Waals surface area contributed by atoms with Crippen molar-refractivity contribution in [3.8, 4) is 5.82 Å². The third kappa shape index (κ3) is 1.35. The van der Waals surface area contributed by atoms with Gasteiger partial charge in [-0.15, -0.1) is 0 Å². The molecule has 0 aromatic carbocycles. The van der Waals surface area contributed by atoms with Crippen molar-refractivity contribution in [3.05, 3.63) is 30.4 Å². The molecule has 5 nitrogen and oxygen atoms in total. The molecule has 0 aliphatic rings. The van der Waals surface area contributed by atoms with Gasteiger partial charge in [-0.2, -0.15) is 5.10 Å². The fraction of sp³-hybridized carbons (Fsp3) is 0.125. The molecule has 0 radical (unpaired) electrons. The Balaban J connectivity index is 2.52. The van der Waals surface area contributed by atoms with E-state index in [1.165, 1.54) is 0 Å². The van der Waals surface area contributed by atoms with E-state index in [2.05, 4.69) is 15.1 Å². The standard InChI is InChI=1S/C8H9N5/c1-6-2-5-13(12-6)8-7(9)10-3-4-11-8/h2-5H,1H3,(H2,9,10). The molecule has 2 rings (SSSR count). The number of nitrogens with two attached hydrogens (primary N) is 1. The summed E-state index contributed by atoms with van der Waals surface area (Å²) in [6.07, 6.45) is 4.94. The van der Waals surface area contributed by atoms with Crippen LogP contribution in [0.4, 0.5) is 5.82 Å². The molecule has 66 valence electrons. The van der Waals surface area contributed by atoms with Crippen molar-refractivity contribution in [3.63, 3.8) is 0 Å².